The second-order valence-electron chi connectivity index (χ2n) is 6.77. The Morgan fingerprint density at radius 2 is 2.07 bits per heavy atom. The zero-order valence-corrected chi connectivity index (χ0v) is 15.4. The number of nitrogens with one attached hydrogen (secondary N) is 1. The first-order valence-corrected chi connectivity index (χ1v) is 9.14. The fraction of sp³-hybridized carbons (Fsp3) is 0.381. The number of hydrogen-bond acceptors (Lipinski definition) is 3. The Kier molecular flexibility index (Phi) is 6.40. The van der Waals surface area contributed by atoms with E-state index in [1.54, 1.807) is 12.0 Å². The minimum Gasteiger partial charge on any atom is -0.497 e. The molecule has 0 aliphatic carbocycles. The summed E-state index contributed by atoms with van der Waals surface area (Å²) in [6.07, 6.45) is 1.97. The molecule has 0 spiro atoms. The third-order valence-electron chi connectivity index (χ3n) is 4.92. The second kappa shape index (κ2) is 8.95. The Morgan fingerprint density at radius 3 is 2.89 bits per heavy atom. The van der Waals surface area contributed by atoms with Gasteiger partial charge in [0.25, 0.3) is 0 Å². The fourth-order valence-electron chi connectivity index (χ4n) is 3.44. The number of halogens is 2. The summed E-state index contributed by atoms with van der Waals surface area (Å²) in [7, 11) is 1.64. The van der Waals surface area contributed by atoms with Crippen LogP contribution in [0.1, 0.15) is 30.4 Å². The molecule has 2 aromatic carbocycles. The quantitative estimate of drug-likeness (QED) is 0.718. The zero-order valence-electron chi connectivity index (χ0n) is 15.4. The summed E-state index contributed by atoms with van der Waals surface area (Å²) in [5.41, 5.74) is 1.34. The van der Waals surface area contributed by atoms with E-state index in [0.717, 1.165) is 42.8 Å². The largest absolute Gasteiger partial charge is 0.497 e. The summed E-state index contributed by atoms with van der Waals surface area (Å²) in [6.45, 7) is 1.55. The molecule has 27 heavy (non-hydrogen) atoms. The van der Waals surface area contributed by atoms with Gasteiger partial charge >= 0.3 is 0 Å². The van der Waals surface area contributed by atoms with Gasteiger partial charge in [-0.05, 0) is 55.3 Å². The topological polar surface area (TPSA) is 41.6 Å². The van der Waals surface area contributed by atoms with Gasteiger partial charge in [-0.3, -0.25) is 4.79 Å². The van der Waals surface area contributed by atoms with Crippen LogP contribution in [0, 0.1) is 11.6 Å². The van der Waals surface area contributed by atoms with Gasteiger partial charge in [-0.2, -0.15) is 0 Å². The molecule has 0 radical (unpaired) electrons. The summed E-state index contributed by atoms with van der Waals surface area (Å²) in [6, 6.07) is 11.2. The molecule has 0 saturated carbocycles. The number of hydrogen-bond donors (Lipinski definition) is 1. The number of rotatable bonds is 8. The molecular formula is C21H24F2N2O2. The first-order chi connectivity index (χ1) is 13.1. The maximum absolute atomic E-state index is 13.9. The standard InChI is InChI=1S/C21H24F2N2O2/c1-27-19-4-2-3-15(11-19)13-24-10-9-18-6-8-21(26)25(18)14-16-12-17(22)5-7-20(16)23/h2-5,7,11-12,18,24H,6,8-10,13-14H2,1H3/t18-/m1/s1. The lowest BCUT2D eigenvalue weighted by molar-refractivity contribution is -0.129. The number of likely N-dealkylation sites (tertiary alicyclic amines) is 1. The zero-order chi connectivity index (χ0) is 19.2. The van der Waals surface area contributed by atoms with Crippen LogP contribution in [0.4, 0.5) is 8.78 Å². The molecule has 1 aliphatic rings. The Morgan fingerprint density at radius 1 is 1.22 bits per heavy atom. The van der Waals surface area contributed by atoms with Crippen molar-refractivity contribution in [2.75, 3.05) is 13.7 Å². The van der Waals surface area contributed by atoms with Gasteiger partial charge < -0.3 is 15.0 Å². The highest BCUT2D eigenvalue weighted by Crippen LogP contribution is 2.25. The van der Waals surface area contributed by atoms with Gasteiger partial charge in [0.2, 0.25) is 5.91 Å². The van der Waals surface area contributed by atoms with Crippen LogP contribution in [0.5, 0.6) is 5.75 Å². The van der Waals surface area contributed by atoms with E-state index in [1.165, 1.54) is 6.07 Å². The average Bonchev–Trinajstić information content (AvgIpc) is 3.02. The van der Waals surface area contributed by atoms with Crippen molar-refractivity contribution < 1.29 is 18.3 Å². The van der Waals surface area contributed by atoms with Crippen molar-refractivity contribution in [1.29, 1.82) is 0 Å². The molecule has 2 aromatic rings. The molecule has 1 heterocycles. The third kappa shape index (κ3) is 5.04. The number of methoxy groups -OCH3 is 1. The van der Waals surface area contributed by atoms with Crippen molar-refractivity contribution in [1.82, 2.24) is 10.2 Å². The Hall–Kier alpha value is -2.47. The Balaban J connectivity index is 1.52. The van der Waals surface area contributed by atoms with E-state index in [0.29, 0.717) is 13.0 Å². The maximum Gasteiger partial charge on any atom is 0.223 e. The number of nitrogens with zero attached hydrogens (tertiary/aromatic N) is 1. The van der Waals surface area contributed by atoms with Crippen LogP contribution >= 0.6 is 0 Å². The van der Waals surface area contributed by atoms with E-state index >= 15 is 0 Å². The van der Waals surface area contributed by atoms with Gasteiger partial charge in [-0.1, -0.05) is 12.1 Å². The molecule has 4 nitrogen and oxygen atoms in total. The molecule has 1 aliphatic heterocycles. The summed E-state index contributed by atoms with van der Waals surface area (Å²) < 4.78 is 32.5. The van der Waals surface area contributed by atoms with Gasteiger partial charge in [0.1, 0.15) is 17.4 Å². The molecule has 1 amide bonds. The van der Waals surface area contributed by atoms with E-state index in [2.05, 4.69) is 5.32 Å². The second-order valence-corrected chi connectivity index (χ2v) is 6.77. The highest BCUT2D eigenvalue weighted by atomic mass is 19.1. The van der Waals surface area contributed by atoms with E-state index in [-0.39, 0.29) is 24.1 Å². The van der Waals surface area contributed by atoms with Crippen molar-refractivity contribution in [3.05, 3.63) is 65.2 Å². The summed E-state index contributed by atoms with van der Waals surface area (Å²) >= 11 is 0. The third-order valence-corrected chi connectivity index (χ3v) is 4.92. The maximum atomic E-state index is 13.9. The molecule has 1 atom stereocenters. The minimum atomic E-state index is -0.491. The monoisotopic (exact) mass is 374 g/mol. The van der Waals surface area contributed by atoms with Crippen LogP contribution in [0.3, 0.4) is 0 Å². The predicted molar refractivity (Wildman–Crippen MR) is 99.2 cm³/mol. The Bertz CT molecular complexity index is 798. The van der Waals surface area contributed by atoms with Crippen LogP contribution in [0.15, 0.2) is 42.5 Å². The number of carbonyl (C=O) groups is 1. The minimum absolute atomic E-state index is 0.00328. The van der Waals surface area contributed by atoms with Crippen molar-refractivity contribution in [3.63, 3.8) is 0 Å². The van der Waals surface area contributed by atoms with E-state index in [1.807, 2.05) is 24.3 Å². The lowest BCUT2D eigenvalue weighted by Crippen LogP contribution is -2.35. The molecule has 0 aromatic heterocycles. The first kappa shape index (κ1) is 19.3. The number of amides is 1. The van der Waals surface area contributed by atoms with E-state index in [9.17, 15) is 13.6 Å². The lowest BCUT2D eigenvalue weighted by Gasteiger charge is -2.25. The molecule has 1 N–H and O–H groups in total. The molecule has 1 saturated heterocycles. The molecule has 3 rings (SSSR count). The lowest BCUT2D eigenvalue weighted by atomic mass is 10.1. The predicted octanol–water partition coefficient (Wildman–Crippen LogP) is 3.64. The van der Waals surface area contributed by atoms with Crippen LogP contribution < -0.4 is 10.1 Å². The number of benzene rings is 2. The van der Waals surface area contributed by atoms with E-state index in [4.69, 9.17) is 4.74 Å². The molecule has 1 fully saturated rings. The fourth-order valence-corrected chi connectivity index (χ4v) is 3.44. The van der Waals surface area contributed by atoms with Crippen LogP contribution in [-0.2, 0) is 17.9 Å². The smallest absolute Gasteiger partial charge is 0.223 e. The molecular weight excluding hydrogens is 350 g/mol. The first-order valence-electron chi connectivity index (χ1n) is 9.14. The molecule has 0 unspecified atom stereocenters. The molecule has 144 valence electrons. The van der Waals surface area contributed by atoms with Crippen LogP contribution in [0.2, 0.25) is 0 Å². The SMILES string of the molecule is COc1cccc(CNCC[C@H]2CCC(=O)N2Cc2cc(F)ccc2F)c1. The summed E-state index contributed by atoms with van der Waals surface area (Å²) in [4.78, 5) is 13.9. The van der Waals surface area contributed by atoms with Crippen molar-refractivity contribution >= 4 is 5.91 Å². The van der Waals surface area contributed by atoms with Gasteiger partial charge in [0.15, 0.2) is 0 Å². The normalized spacial score (nSPS) is 16.8. The van der Waals surface area contributed by atoms with Gasteiger partial charge in [-0.25, -0.2) is 8.78 Å². The summed E-state index contributed by atoms with van der Waals surface area (Å²) in [5, 5.41) is 3.37. The number of ether oxygens (including phenoxy) is 1. The van der Waals surface area contributed by atoms with Crippen LogP contribution in [-0.4, -0.2) is 30.5 Å². The van der Waals surface area contributed by atoms with Crippen molar-refractivity contribution in [2.24, 2.45) is 0 Å². The Labute approximate surface area is 158 Å². The van der Waals surface area contributed by atoms with Gasteiger partial charge in [0.05, 0.1) is 7.11 Å². The van der Waals surface area contributed by atoms with Crippen LogP contribution in [0.25, 0.3) is 0 Å². The van der Waals surface area contributed by atoms with Crippen molar-refractivity contribution in [3.8, 4) is 5.75 Å². The highest BCUT2D eigenvalue weighted by Gasteiger charge is 2.31. The molecule has 0 bridgehead atoms. The average molecular weight is 374 g/mol. The van der Waals surface area contributed by atoms with Gasteiger partial charge in [0, 0.05) is 31.1 Å². The highest BCUT2D eigenvalue weighted by molar-refractivity contribution is 5.78. The molecule has 6 heteroatoms. The van der Waals surface area contributed by atoms with Gasteiger partial charge in [-0.15, -0.1) is 0 Å². The van der Waals surface area contributed by atoms with Crippen molar-refractivity contribution in [2.45, 2.75) is 38.4 Å². The summed E-state index contributed by atoms with van der Waals surface area (Å²) in [5.74, 6) is -0.156. The number of carbonyl (C=O) groups excluding carboxylic acids is 1. The van der Waals surface area contributed by atoms with E-state index < -0.39 is 11.6 Å².